The van der Waals surface area contributed by atoms with Gasteiger partial charge in [-0.1, -0.05) is 22.0 Å². The third-order valence-electron chi connectivity index (χ3n) is 2.48. The highest BCUT2D eigenvalue weighted by atomic mass is 79.9. The van der Waals surface area contributed by atoms with E-state index in [0.29, 0.717) is 4.47 Å². The second kappa shape index (κ2) is 2.91. The summed E-state index contributed by atoms with van der Waals surface area (Å²) in [5.74, 6) is -0.280. The molecule has 1 nitrogen and oxygen atoms in total. The monoisotopic (exact) mass is 242 g/mol. The average molecular weight is 243 g/mol. The van der Waals surface area contributed by atoms with E-state index in [2.05, 4.69) is 15.9 Å². The van der Waals surface area contributed by atoms with Crippen LogP contribution in [0.5, 0.6) is 0 Å². The summed E-state index contributed by atoms with van der Waals surface area (Å²) in [5.41, 5.74) is 0.580. The molecule has 68 valence electrons. The third kappa shape index (κ3) is 1.41. The Morgan fingerprint density at radius 2 is 2.15 bits per heavy atom. The van der Waals surface area contributed by atoms with Crippen LogP contribution in [0.3, 0.4) is 0 Å². The highest BCUT2D eigenvalue weighted by Gasteiger charge is 2.45. The minimum absolute atomic E-state index is 0.280. The highest BCUT2D eigenvalue weighted by molar-refractivity contribution is 9.10. The van der Waals surface area contributed by atoms with Gasteiger partial charge in [-0.25, -0.2) is 4.39 Å². The average Bonchev–Trinajstić information content (AvgIpc) is 2.85. The highest BCUT2D eigenvalue weighted by Crippen LogP contribution is 2.48. The smallest absolute Gasteiger partial charge is 0.130 e. The van der Waals surface area contributed by atoms with Crippen LogP contribution in [0, 0.1) is 5.82 Å². The van der Waals surface area contributed by atoms with Gasteiger partial charge >= 0.3 is 0 Å². The van der Waals surface area contributed by atoms with Crippen molar-refractivity contribution in [1.82, 2.24) is 0 Å². The van der Waals surface area contributed by atoms with Gasteiger partial charge in [0, 0.05) is 4.47 Å². The normalized spacial score (nSPS) is 18.3. The molecule has 1 fully saturated rings. The van der Waals surface area contributed by atoms with Crippen molar-refractivity contribution in [1.29, 1.82) is 0 Å². The maximum Gasteiger partial charge on any atom is 0.130 e. The Kier molecular flexibility index (Phi) is 1.99. The number of aldehydes is 1. The van der Waals surface area contributed by atoms with Gasteiger partial charge in [0.05, 0.1) is 5.41 Å². The Balaban J connectivity index is 2.47. The number of carbonyl (C=O) groups excluding carboxylic acids is 1. The van der Waals surface area contributed by atoms with Crippen molar-refractivity contribution in [3.63, 3.8) is 0 Å². The maximum absolute atomic E-state index is 12.7. The first-order valence-corrected chi connectivity index (χ1v) is 4.89. The molecular weight excluding hydrogens is 235 g/mol. The van der Waals surface area contributed by atoms with E-state index >= 15 is 0 Å². The van der Waals surface area contributed by atoms with Gasteiger partial charge in [0.1, 0.15) is 12.1 Å². The molecule has 13 heavy (non-hydrogen) atoms. The summed E-state index contributed by atoms with van der Waals surface area (Å²) in [7, 11) is 0. The van der Waals surface area contributed by atoms with Crippen LogP contribution in [0.15, 0.2) is 22.7 Å². The fourth-order valence-electron chi connectivity index (χ4n) is 1.48. The molecular formula is C10H8BrFO. The van der Waals surface area contributed by atoms with Crippen LogP contribution in [0.4, 0.5) is 4.39 Å². The summed E-state index contributed by atoms with van der Waals surface area (Å²) in [6.07, 6.45) is 2.71. The number of hydrogen-bond acceptors (Lipinski definition) is 1. The van der Waals surface area contributed by atoms with Crippen molar-refractivity contribution < 1.29 is 9.18 Å². The van der Waals surface area contributed by atoms with Crippen LogP contribution in [-0.2, 0) is 10.2 Å². The lowest BCUT2D eigenvalue weighted by Gasteiger charge is -2.09. The number of hydrogen-bond donors (Lipinski definition) is 0. The SMILES string of the molecule is O=CC1(c2ccc(F)cc2Br)CC1. The summed E-state index contributed by atoms with van der Waals surface area (Å²) in [6, 6.07) is 4.48. The van der Waals surface area contributed by atoms with Crippen LogP contribution in [0.1, 0.15) is 18.4 Å². The van der Waals surface area contributed by atoms with Crippen molar-refractivity contribution in [2.45, 2.75) is 18.3 Å². The predicted octanol–water partition coefficient (Wildman–Crippen LogP) is 2.82. The molecule has 0 atom stereocenters. The van der Waals surface area contributed by atoms with Gasteiger partial charge < -0.3 is 4.79 Å². The van der Waals surface area contributed by atoms with Gasteiger partial charge in [0.25, 0.3) is 0 Å². The number of rotatable bonds is 2. The van der Waals surface area contributed by atoms with E-state index in [9.17, 15) is 9.18 Å². The molecule has 0 amide bonds. The molecule has 1 saturated carbocycles. The number of benzene rings is 1. The van der Waals surface area contributed by atoms with Gasteiger partial charge in [0.15, 0.2) is 0 Å². The summed E-state index contributed by atoms with van der Waals surface area (Å²) < 4.78 is 13.4. The Morgan fingerprint density at radius 1 is 1.46 bits per heavy atom. The van der Waals surface area contributed by atoms with Gasteiger partial charge in [-0.15, -0.1) is 0 Å². The van der Waals surface area contributed by atoms with E-state index in [4.69, 9.17) is 0 Å². The molecule has 0 N–H and O–H groups in total. The van der Waals surface area contributed by atoms with Crippen molar-refractivity contribution in [2.75, 3.05) is 0 Å². The lowest BCUT2D eigenvalue weighted by molar-refractivity contribution is -0.109. The predicted molar refractivity (Wildman–Crippen MR) is 51.1 cm³/mol. The molecule has 0 saturated heterocycles. The molecule has 1 aromatic rings. The molecule has 1 aliphatic rings. The minimum atomic E-state index is -0.327. The van der Waals surface area contributed by atoms with Crippen LogP contribution in [0.2, 0.25) is 0 Å². The van der Waals surface area contributed by atoms with Crippen molar-refractivity contribution in [3.05, 3.63) is 34.1 Å². The molecule has 0 radical (unpaired) electrons. The Hall–Kier alpha value is -0.700. The van der Waals surface area contributed by atoms with Gasteiger partial charge in [-0.2, -0.15) is 0 Å². The molecule has 0 aromatic heterocycles. The number of halogens is 2. The second-order valence-corrected chi connectivity index (χ2v) is 4.25. The molecule has 0 heterocycles. The quantitative estimate of drug-likeness (QED) is 0.730. The van der Waals surface area contributed by atoms with Gasteiger partial charge in [0.2, 0.25) is 0 Å². The Labute approximate surface area is 84.1 Å². The molecule has 0 aliphatic heterocycles. The summed E-state index contributed by atoms with van der Waals surface area (Å²) >= 11 is 3.26. The largest absolute Gasteiger partial charge is 0.302 e. The zero-order valence-electron chi connectivity index (χ0n) is 6.89. The van der Waals surface area contributed by atoms with Crippen LogP contribution in [0.25, 0.3) is 0 Å². The van der Waals surface area contributed by atoms with E-state index < -0.39 is 0 Å². The fraction of sp³-hybridized carbons (Fsp3) is 0.300. The van der Waals surface area contributed by atoms with Gasteiger partial charge in [-0.3, -0.25) is 0 Å². The van der Waals surface area contributed by atoms with Crippen molar-refractivity contribution in [2.24, 2.45) is 0 Å². The van der Waals surface area contributed by atoms with E-state index in [0.717, 1.165) is 24.7 Å². The summed E-state index contributed by atoms with van der Waals surface area (Å²) in [6.45, 7) is 0. The molecule has 2 rings (SSSR count). The topological polar surface area (TPSA) is 17.1 Å². The molecule has 0 unspecified atom stereocenters. The Morgan fingerprint density at radius 3 is 2.62 bits per heavy atom. The summed E-state index contributed by atoms with van der Waals surface area (Å²) in [4.78, 5) is 10.8. The van der Waals surface area contributed by atoms with E-state index in [1.165, 1.54) is 12.1 Å². The zero-order chi connectivity index (χ0) is 9.47. The summed E-state index contributed by atoms with van der Waals surface area (Å²) in [5, 5.41) is 0. The molecule has 3 heteroatoms. The van der Waals surface area contributed by atoms with E-state index in [1.807, 2.05) is 0 Å². The molecule has 0 bridgehead atoms. The number of carbonyl (C=O) groups is 1. The van der Waals surface area contributed by atoms with Crippen LogP contribution in [-0.4, -0.2) is 6.29 Å². The zero-order valence-corrected chi connectivity index (χ0v) is 8.47. The minimum Gasteiger partial charge on any atom is -0.302 e. The van der Waals surface area contributed by atoms with Crippen molar-refractivity contribution >= 4 is 22.2 Å². The molecule has 0 spiro atoms. The van der Waals surface area contributed by atoms with Crippen molar-refractivity contribution in [3.8, 4) is 0 Å². The maximum atomic E-state index is 12.7. The lowest BCUT2D eigenvalue weighted by Crippen LogP contribution is -2.08. The van der Waals surface area contributed by atoms with Gasteiger partial charge in [-0.05, 0) is 30.5 Å². The first-order chi connectivity index (χ1) is 6.18. The molecule has 1 aromatic carbocycles. The standard InChI is InChI=1S/C10H8BrFO/c11-9-5-7(12)1-2-8(9)10(6-13)3-4-10/h1-2,5-6H,3-4H2. The molecule has 1 aliphatic carbocycles. The van der Waals surface area contributed by atoms with Crippen LogP contribution < -0.4 is 0 Å². The fourth-order valence-corrected chi connectivity index (χ4v) is 2.22. The van der Waals surface area contributed by atoms with E-state index in [-0.39, 0.29) is 11.2 Å². The van der Waals surface area contributed by atoms with E-state index in [1.54, 1.807) is 6.07 Å². The van der Waals surface area contributed by atoms with Crippen LogP contribution >= 0.6 is 15.9 Å². The first kappa shape index (κ1) is 8.88. The first-order valence-electron chi connectivity index (χ1n) is 4.10. The lowest BCUT2D eigenvalue weighted by atomic mass is 9.98. The Bertz CT molecular complexity index is 358. The third-order valence-corrected chi connectivity index (χ3v) is 3.14. The second-order valence-electron chi connectivity index (χ2n) is 3.40.